The molecule has 3 N–H and O–H groups in total. The first kappa shape index (κ1) is 24.8. The third kappa shape index (κ3) is 5.59. The van der Waals surface area contributed by atoms with Crippen LogP contribution >= 0.6 is 11.8 Å². The van der Waals surface area contributed by atoms with Crippen LogP contribution in [0.25, 0.3) is 0 Å². The predicted octanol–water partition coefficient (Wildman–Crippen LogP) is 5.83. The van der Waals surface area contributed by atoms with Gasteiger partial charge in [0.1, 0.15) is 0 Å². The maximum Gasteiger partial charge on any atom is 0.416 e. The molecule has 2 fully saturated rings. The number of hydrogen-bond acceptors (Lipinski definition) is 5. The Morgan fingerprint density at radius 1 is 1.00 bits per heavy atom. The summed E-state index contributed by atoms with van der Waals surface area (Å²) in [5.74, 6) is 0.754. The van der Waals surface area contributed by atoms with Crippen LogP contribution in [0, 0.1) is 5.92 Å². The standard InChI is InChI=1S/C27H35F3N4S/c1-18-4-11-34(12-5-18)22-3-2-19-14-23-24(32-21-6-9-33(10-7-21)13-8-31)15-20(27(28,29)30)16-26(23)35-25(19)17-22/h2-3,15-18,21,32H,4-14,31H2,1H3. The summed E-state index contributed by atoms with van der Waals surface area (Å²) in [6.45, 7) is 7.73. The van der Waals surface area contributed by atoms with Crippen LogP contribution in [-0.2, 0) is 12.6 Å². The fourth-order valence-electron chi connectivity index (χ4n) is 5.47. The van der Waals surface area contributed by atoms with Gasteiger partial charge in [-0.25, -0.2) is 0 Å². The lowest BCUT2D eigenvalue weighted by Crippen LogP contribution is -2.41. The number of halogens is 3. The molecule has 8 heteroatoms. The number of likely N-dealkylation sites (tertiary alicyclic amines) is 1. The molecular formula is C27H35F3N4S. The van der Waals surface area contributed by atoms with E-state index in [0.29, 0.717) is 18.7 Å². The second-order valence-corrected chi connectivity index (χ2v) is 11.4. The summed E-state index contributed by atoms with van der Waals surface area (Å²) in [5, 5.41) is 3.50. The lowest BCUT2D eigenvalue weighted by molar-refractivity contribution is -0.137. The van der Waals surface area contributed by atoms with E-state index in [9.17, 15) is 13.2 Å². The number of nitrogens with zero attached hydrogens (tertiary/aromatic N) is 2. The molecule has 3 heterocycles. The van der Waals surface area contributed by atoms with Gasteiger partial charge >= 0.3 is 6.18 Å². The van der Waals surface area contributed by atoms with Gasteiger partial charge in [-0.2, -0.15) is 13.2 Å². The summed E-state index contributed by atoms with van der Waals surface area (Å²) < 4.78 is 41.5. The highest BCUT2D eigenvalue weighted by atomic mass is 32.2. The van der Waals surface area contributed by atoms with E-state index in [1.54, 1.807) is 0 Å². The van der Waals surface area contributed by atoms with Gasteiger partial charge in [0, 0.05) is 72.9 Å². The van der Waals surface area contributed by atoms with Gasteiger partial charge in [0.05, 0.1) is 5.56 Å². The second-order valence-electron chi connectivity index (χ2n) is 10.3. The van der Waals surface area contributed by atoms with Gasteiger partial charge in [0.15, 0.2) is 0 Å². The molecule has 3 aliphatic heterocycles. The van der Waals surface area contributed by atoms with Crippen molar-refractivity contribution in [3.8, 4) is 0 Å². The summed E-state index contributed by atoms with van der Waals surface area (Å²) >= 11 is 1.49. The largest absolute Gasteiger partial charge is 0.416 e. The first-order valence-corrected chi connectivity index (χ1v) is 13.6. The maximum absolute atomic E-state index is 13.8. The molecule has 0 unspecified atom stereocenters. The number of fused-ring (bicyclic) bond motifs is 2. The van der Waals surface area contributed by atoms with Crippen molar-refractivity contribution in [3.05, 3.63) is 47.0 Å². The average molecular weight is 505 g/mol. The fraction of sp³-hybridized carbons (Fsp3) is 0.556. The molecule has 0 bridgehead atoms. The lowest BCUT2D eigenvalue weighted by Gasteiger charge is -2.34. The van der Waals surface area contributed by atoms with Gasteiger partial charge in [-0.3, -0.25) is 0 Å². The predicted molar refractivity (Wildman–Crippen MR) is 138 cm³/mol. The van der Waals surface area contributed by atoms with Gasteiger partial charge in [0.2, 0.25) is 0 Å². The van der Waals surface area contributed by atoms with Gasteiger partial charge in [-0.05, 0) is 67.0 Å². The highest BCUT2D eigenvalue weighted by molar-refractivity contribution is 7.99. The van der Waals surface area contributed by atoms with Crippen LogP contribution in [0.1, 0.15) is 49.3 Å². The van der Waals surface area contributed by atoms with Crippen LogP contribution in [-0.4, -0.2) is 50.2 Å². The van der Waals surface area contributed by atoms with Crippen molar-refractivity contribution in [2.24, 2.45) is 11.7 Å². The SMILES string of the molecule is CC1CCN(c2ccc3c(c2)Sc2cc(C(F)(F)F)cc(NC4CCN(CCN)CC4)c2C3)CC1. The molecule has 4 nitrogen and oxygen atoms in total. The van der Waals surface area contributed by atoms with Crippen molar-refractivity contribution in [1.29, 1.82) is 0 Å². The number of piperidine rings is 2. The van der Waals surface area contributed by atoms with Gasteiger partial charge < -0.3 is 20.9 Å². The van der Waals surface area contributed by atoms with E-state index >= 15 is 0 Å². The summed E-state index contributed by atoms with van der Waals surface area (Å²) in [7, 11) is 0. The first-order valence-electron chi connectivity index (χ1n) is 12.8. The topological polar surface area (TPSA) is 44.5 Å². The van der Waals surface area contributed by atoms with Gasteiger partial charge in [-0.1, -0.05) is 24.8 Å². The quantitative estimate of drug-likeness (QED) is 0.458. The number of anilines is 2. The number of hydrogen-bond donors (Lipinski definition) is 2. The van der Waals surface area contributed by atoms with Gasteiger partial charge in [0.25, 0.3) is 0 Å². The molecule has 0 amide bonds. The molecule has 3 aliphatic rings. The summed E-state index contributed by atoms with van der Waals surface area (Å²) in [6, 6.07) is 9.37. The van der Waals surface area contributed by atoms with E-state index in [4.69, 9.17) is 5.73 Å². The number of benzene rings is 2. The molecule has 0 spiro atoms. The normalized spacial score (nSPS) is 20.0. The molecule has 0 atom stereocenters. The Morgan fingerprint density at radius 3 is 2.43 bits per heavy atom. The lowest BCUT2D eigenvalue weighted by atomic mass is 9.97. The van der Waals surface area contributed by atoms with E-state index in [-0.39, 0.29) is 6.04 Å². The highest BCUT2D eigenvalue weighted by Crippen LogP contribution is 2.46. The van der Waals surface area contributed by atoms with Crippen LogP contribution in [0.15, 0.2) is 40.1 Å². The zero-order chi connectivity index (χ0) is 24.6. The zero-order valence-electron chi connectivity index (χ0n) is 20.3. The van der Waals surface area contributed by atoms with Crippen molar-refractivity contribution in [2.75, 3.05) is 49.5 Å². The van der Waals surface area contributed by atoms with Crippen LogP contribution in [0.3, 0.4) is 0 Å². The minimum atomic E-state index is -4.37. The average Bonchev–Trinajstić information content (AvgIpc) is 2.84. The zero-order valence-corrected chi connectivity index (χ0v) is 21.2. The van der Waals surface area contributed by atoms with Crippen molar-refractivity contribution in [1.82, 2.24) is 4.90 Å². The molecule has 2 aromatic carbocycles. The maximum atomic E-state index is 13.8. The summed E-state index contributed by atoms with van der Waals surface area (Å²) in [5.41, 5.74) is 9.10. The number of rotatable bonds is 5. The van der Waals surface area contributed by atoms with Crippen LogP contribution in [0.5, 0.6) is 0 Å². The first-order chi connectivity index (χ1) is 16.8. The molecule has 190 valence electrons. The Kier molecular flexibility index (Phi) is 7.24. The molecule has 2 saturated heterocycles. The molecule has 0 saturated carbocycles. The molecule has 35 heavy (non-hydrogen) atoms. The monoisotopic (exact) mass is 504 g/mol. The third-order valence-electron chi connectivity index (χ3n) is 7.72. The van der Waals surface area contributed by atoms with E-state index in [0.717, 1.165) is 66.8 Å². The van der Waals surface area contributed by atoms with Crippen LogP contribution < -0.4 is 16.0 Å². The third-order valence-corrected chi connectivity index (χ3v) is 8.90. The minimum Gasteiger partial charge on any atom is -0.382 e. The molecular weight excluding hydrogens is 469 g/mol. The number of alkyl halides is 3. The Bertz CT molecular complexity index is 1040. The van der Waals surface area contributed by atoms with E-state index in [1.165, 1.54) is 48.0 Å². The van der Waals surface area contributed by atoms with Crippen molar-refractivity contribution in [2.45, 2.75) is 61.0 Å². The van der Waals surface area contributed by atoms with Crippen LogP contribution in [0.4, 0.5) is 24.5 Å². The van der Waals surface area contributed by atoms with Crippen molar-refractivity contribution >= 4 is 23.1 Å². The molecule has 2 aromatic rings. The van der Waals surface area contributed by atoms with E-state index in [2.05, 4.69) is 40.2 Å². The summed E-state index contributed by atoms with van der Waals surface area (Å²) in [4.78, 5) is 6.53. The van der Waals surface area contributed by atoms with E-state index in [1.807, 2.05) is 0 Å². The highest BCUT2D eigenvalue weighted by Gasteiger charge is 2.34. The molecule has 5 rings (SSSR count). The number of nitrogens with two attached hydrogens (primary N) is 1. The van der Waals surface area contributed by atoms with Crippen LogP contribution in [0.2, 0.25) is 0 Å². The smallest absolute Gasteiger partial charge is 0.382 e. The fourth-order valence-corrected chi connectivity index (χ4v) is 6.65. The molecule has 0 aliphatic carbocycles. The van der Waals surface area contributed by atoms with Crippen molar-refractivity contribution < 1.29 is 13.2 Å². The van der Waals surface area contributed by atoms with Gasteiger partial charge in [-0.15, -0.1) is 0 Å². The Hall–Kier alpha value is -1.90. The Morgan fingerprint density at radius 2 is 1.74 bits per heavy atom. The molecule has 0 aromatic heterocycles. The minimum absolute atomic E-state index is 0.173. The number of nitrogens with one attached hydrogen (secondary N) is 1. The summed E-state index contributed by atoms with van der Waals surface area (Å²) in [6.07, 6.45) is 0.466. The van der Waals surface area contributed by atoms with E-state index < -0.39 is 11.7 Å². The Labute approximate surface area is 210 Å². The van der Waals surface area contributed by atoms with Crippen molar-refractivity contribution in [3.63, 3.8) is 0 Å². The Balaban J connectivity index is 1.39. The molecule has 0 radical (unpaired) electrons. The second kappa shape index (κ2) is 10.2.